The molecule has 2 N–H and O–H groups in total. The third kappa shape index (κ3) is 2.96. The molecule has 0 saturated carbocycles. The normalized spacial score (nSPS) is 12.6. The van der Waals surface area contributed by atoms with Crippen LogP contribution in [0, 0.1) is 0 Å². The van der Waals surface area contributed by atoms with E-state index in [1.54, 1.807) is 29.7 Å². The zero-order chi connectivity index (χ0) is 14.8. The minimum atomic E-state index is -1.05. The zero-order valence-electron chi connectivity index (χ0n) is 11.4. The van der Waals surface area contributed by atoms with Crippen LogP contribution in [0.15, 0.2) is 40.3 Å². The Bertz CT molecular complexity index is 764. The van der Waals surface area contributed by atoms with Gasteiger partial charge in [0.05, 0.1) is 6.04 Å². The summed E-state index contributed by atoms with van der Waals surface area (Å²) in [6.07, 6.45) is 1.79. The van der Waals surface area contributed by atoms with Crippen molar-refractivity contribution in [2.75, 3.05) is 0 Å². The number of fused-ring (bicyclic) bond motifs is 1. The minimum absolute atomic E-state index is 0.0359. The number of thiazole rings is 1. The summed E-state index contributed by atoms with van der Waals surface area (Å²) in [5.41, 5.74) is 1.66. The predicted octanol–water partition coefficient (Wildman–Crippen LogP) is 3.44. The number of carboxylic acids is 1. The molecule has 0 saturated heterocycles. The van der Waals surface area contributed by atoms with E-state index in [4.69, 9.17) is 9.52 Å². The molecule has 1 aromatic carbocycles. The Morgan fingerprint density at radius 1 is 1.48 bits per heavy atom. The number of benzene rings is 1. The fourth-order valence-corrected chi connectivity index (χ4v) is 2.79. The van der Waals surface area contributed by atoms with E-state index in [0.29, 0.717) is 12.1 Å². The number of carboxylic acid groups (broad SMARTS) is 1. The first kappa shape index (κ1) is 13.8. The summed E-state index contributed by atoms with van der Waals surface area (Å²) >= 11 is 1.62. The molecule has 0 radical (unpaired) electrons. The fourth-order valence-electron chi connectivity index (χ4n) is 2.11. The number of hydrogen-bond acceptors (Lipinski definition) is 5. The summed E-state index contributed by atoms with van der Waals surface area (Å²) in [6, 6.07) is 7.39. The van der Waals surface area contributed by atoms with Crippen molar-refractivity contribution in [3.63, 3.8) is 0 Å². The third-order valence-corrected chi connectivity index (χ3v) is 4.18. The topological polar surface area (TPSA) is 75.4 Å². The maximum atomic E-state index is 10.9. The molecule has 1 atom stereocenters. The summed E-state index contributed by atoms with van der Waals surface area (Å²) < 4.78 is 5.24. The first-order valence-electron chi connectivity index (χ1n) is 6.52. The minimum Gasteiger partial charge on any atom is -0.475 e. The molecular weight excluding hydrogens is 288 g/mol. The van der Waals surface area contributed by atoms with Crippen LogP contribution in [0.5, 0.6) is 0 Å². The second-order valence-electron chi connectivity index (χ2n) is 4.76. The molecular formula is C15H14N2O3S. The molecule has 1 unspecified atom stereocenters. The summed E-state index contributed by atoms with van der Waals surface area (Å²) in [6.45, 7) is 2.75. The smallest absolute Gasteiger partial charge is 0.371 e. The molecule has 21 heavy (non-hydrogen) atoms. The van der Waals surface area contributed by atoms with Crippen LogP contribution in [0.25, 0.3) is 11.0 Å². The number of aromatic nitrogens is 1. The summed E-state index contributed by atoms with van der Waals surface area (Å²) in [7, 11) is 0. The van der Waals surface area contributed by atoms with Crippen LogP contribution in [-0.2, 0) is 6.54 Å². The monoisotopic (exact) mass is 302 g/mol. The number of hydrogen-bond donors (Lipinski definition) is 2. The maximum absolute atomic E-state index is 10.9. The van der Waals surface area contributed by atoms with Gasteiger partial charge < -0.3 is 14.8 Å². The van der Waals surface area contributed by atoms with Gasteiger partial charge in [0.1, 0.15) is 10.6 Å². The van der Waals surface area contributed by atoms with Crippen LogP contribution in [0.3, 0.4) is 0 Å². The number of rotatable bonds is 5. The van der Waals surface area contributed by atoms with Crippen molar-refractivity contribution in [2.24, 2.45) is 0 Å². The molecule has 5 nitrogen and oxygen atoms in total. The van der Waals surface area contributed by atoms with E-state index in [1.165, 1.54) is 0 Å². The molecule has 0 aliphatic heterocycles. The Hall–Kier alpha value is -2.18. The zero-order valence-corrected chi connectivity index (χ0v) is 12.2. The van der Waals surface area contributed by atoms with Gasteiger partial charge in [-0.05, 0) is 30.7 Å². The van der Waals surface area contributed by atoms with Gasteiger partial charge in [-0.15, -0.1) is 11.3 Å². The van der Waals surface area contributed by atoms with E-state index >= 15 is 0 Å². The van der Waals surface area contributed by atoms with Gasteiger partial charge in [-0.2, -0.15) is 0 Å². The molecule has 2 aromatic heterocycles. The van der Waals surface area contributed by atoms with Crippen LogP contribution in [-0.4, -0.2) is 16.1 Å². The molecule has 0 aliphatic carbocycles. The molecule has 6 heteroatoms. The van der Waals surface area contributed by atoms with Crippen molar-refractivity contribution in [3.8, 4) is 0 Å². The fraction of sp³-hybridized carbons (Fsp3) is 0.200. The Morgan fingerprint density at radius 3 is 3.05 bits per heavy atom. The lowest BCUT2D eigenvalue weighted by molar-refractivity contribution is 0.0665. The Morgan fingerprint density at radius 2 is 2.33 bits per heavy atom. The lowest BCUT2D eigenvalue weighted by Crippen LogP contribution is -2.17. The van der Waals surface area contributed by atoms with Gasteiger partial charge >= 0.3 is 5.97 Å². The number of carbonyl (C=O) groups is 1. The Kier molecular flexibility index (Phi) is 3.72. The number of nitrogens with one attached hydrogen (secondary N) is 1. The highest BCUT2D eigenvalue weighted by molar-refractivity contribution is 7.09. The van der Waals surface area contributed by atoms with Crippen molar-refractivity contribution in [2.45, 2.75) is 19.5 Å². The van der Waals surface area contributed by atoms with Crippen LogP contribution < -0.4 is 5.32 Å². The average Bonchev–Trinajstić information content (AvgIpc) is 3.13. The first-order valence-corrected chi connectivity index (χ1v) is 7.40. The molecule has 0 spiro atoms. The van der Waals surface area contributed by atoms with Crippen LogP contribution in [0.1, 0.15) is 34.1 Å². The van der Waals surface area contributed by atoms with E-state index in [-0.39, 0.29) is 11.8 Å². The quantitative estimate of drug-likeness (QED) is 0.755. The second-order valence-corrected chi connectivity index (χ2v) is 5.69. The summed E-state index contributed by atoms with van der Waals surface area (Å²) in [5, 5.41) is 16.1. The Labute approximate surface area is 125 Å². The number of nitrogens with zero attached hydrogens (tertiary/aromatic N) is 1. The average molecular weight is 302 g/mol. The first-order chi connectivity index (χ1) is 10.1. The highest BCUT2D eigenvalue weighted by Gasteiger charge is 2.11. The molecule has 108 valence electrons. The lowest BCUT2D eigenvalue weighted by atomic mass is 10.1. The van der Waals surface area contributed by atoms with E-state index in [9.17, 15) is 4.79 Å². The SMILES string of the molecule is CC(NCc1ccc2oc(C(=O)O)cc2c1)c1nccs1. The highest BCUT2D eigenvalue weighted by Crippen LogP contribution is 2.21. The van der Waals surface area contributed by atoms with Crippen molar-refractivity contribution in [3.05, 3.63) is 52.2 Å². The third-order valence-electron chi connectivity index (χ3n) is 3.23. The second kappa shape index (κ2) is 5.67. The van der Waals surface area contributed by atoms with Crippen molar-refractivity contribution in [1.82, 2.24) is 10.3 Å². The predicted molar refractivity (Wildman–Crippen MR) is 80.5 cm³/mol. The van der Waals surface area contributed by atoms with Gasteiger partial charge in [-0.1, -0.05) is 6.07 Å². The standard InChI is InChI=1S/C15H14N2O3S/c1-9(14-16-4-5-21-14)17-8-10-2-3-12-11(6-10)7-13(20-12)15(18)19/h2-7,9,17H,8H2,1H3,(H,18,19). The highest BCUT2D eigenvalue weighted by atomic mass is 32.1. The molecule has 0 amide bonds. The lowest BCUT2D eigenvalue weighted by Gasteiger charge is -2.10. The molecule has 3 rings (SSSR count). The van der Waals surface area contributed by atoms with Gasteiger partial charge in [0, 0.05) is 23.5 Å². The van der Waals surface area contributed by atoms with Crippen LogP contribution in [0.2, 0.25) is 0 Å². The summed E-state index contributed by atoms with van der Waals surface area (Å²) in [4.78, 5) is 15.2. The van der Waals surface area contributed by atoms with Gasteiger partial charge in [0.2, 0.25) is 5.76 Å². The van der Waals surface area contributed by atoms with E-state index in [2.05, 4.69) is 17.2 Å². The van der Waals surface area contributed by atoms with Crippen molar-refractivity contribution in [1.29, 1.82) is 0 Å². The molecule has 0 bridgehead atoms. The van der Waals surface area contributed by atoms with Gasteiger partial charge in [-0.25, -0.2) is 9.78 Å². The van der Waals surface area contributed by atoms with E-state index in [0.717, 1.165) is 16.0 Å². The number of aromatic carboxylic acids is 1. The van der Waals surface area contributed by atoms with Crippen molar-refractivity contribution >= 4 is 28.3 Å². The molecule has 3 aromatic rings. The van der Waals surface area contributed by atoms with Gasteiger partial charge in [0.25, 0.3) is 0 Å². The van der Waals surface area contributed by atoms with E-state index < -0.39 is 5.97 Å². The molecule has 0 aliphatic rings. The molecule has 2 heterocycles. The molecule has 0 fully saturated rings. The Balaban J connectivity index is 1.73. The number of furan rings is 1. The summed E-state index contributed by atoms with van der Waals surface area (Å²) in [5.74, 6) is -1.09. The largest absolute Gasteiger partial charge is 0.475 e. The maximum Gasteiger partial charge on any atom is 0.371 e. The van der Waals surface area contributed by atoms with Crippen LogP contribution >= 0.6 is 11.3 Å². The van der Waals surface area contributed by atoms with Crippen LogP contribution in [0.4, 0.5) is 0 Å². The van der Waals surface area contributed by atoms with Gasteiger partial charge in [-0.3, -0.25) is 0 Å². The van der Waals surface area contributed by atoms with E-state index in [1.807, 2.05) is 17.5 Å². The van der Waals surface area contributed by atoms with Gasteiger partial charge in [0.15, 0.2) is 0 Å². The van der Waals surface area contributed by atoms with Crippen molar-refractivity contribution < 1.29 is 14.3 Å².